The fourth-order valence-corrected chi connectivity index (χ4v) is 4.51. The topological polar surface area (TPSA) is 112 Å². The summed E-state index contributed by atoms with van der Waals surface area (Å²) in [6.45, 7) is 4.20. The van der Waals surface area contributed by atoms with Crippen LogP contribution in [0.5, 0.6) is 0 Å². The molecule has 0 bridgehead atoms. The van der Waals surface area contributed by atoms with Crippen LogP contribution in [0.4, 0.5) is 0 Å². The molecular formula is C23H30N4O4S. The zero-order valence-corrected chi connectivity index (χ0v) is 19.3. The molecule has 2 atom stereocenters. The maximum Gasteiger partial charge on any atom is 0.243 e. The third-order valence-corrected chi connectivity index (χ3v) is 6.50. The minimum atomic E-state index is -0.757. The molecule has 1 saturated heterocycles. The van der Waals surface area contributed by atoms with Gasteiger partial charge in [-0.3, -0.25) is 14.4 Å². The number of hydrogen-bond acceptors (Lipinski definition) is 6. The summed E-state index contributed by atoms with van der Waals surface area (Å²) in [4.78, 5) is 43.8. The molecule has 3 N–H and O–H groups in total. The minimum Gasteiger partial charge on any atom is -0.391 e. The smallest absolute Gasteiger partial charge is 0.243 e. The van der Waals surface area contributed by atoms with Crippen LogP contribution in [-0.4, -0.2) is 57.9 Å². The fourth-order valence-electron chi connectivity index (χ4n) is 3.70. The molecule has 32 heavy (non-hydrogen) atoms. The van der Waals surface area contributed by atoms with Gasteiger partial charge in [0, 0.05) is 25.9 Å². The third kappa shape index (κ3) is 6.14. The van der Waals surface area contributed by atoms with Crippen LogP contribution in [0.15, 0.2) is 29.8 Å². The van der Waals surface area contributed by atoms with E-state index >= 15 is 0 Å². The van der Waals surface area contributed by atoms with Gasteiger partial charge in [-0.05, 0) is 24.5 Å². The van der Waals surface area contributed by atoms with E-state index in [0.717, 1.165) is 34.5 Å². The first-order valence-electron chi connectivity index (χ1n) is 10.9. The average Bonchev–Trinajstić information content (AvgIpc) is 3.40. The van der Waals surface area contributed by atoms with Crippen molar-refractivity contribution in [3.8, 4) is 10.4 Å². The predicted octanol–water partition coefficient (Wildman–Crippen LogP) is 2.00. The quantitative estimate of drug-likeness (QED) is 0.532. The lowest BCUT2D eigenvalue weighted by atomic mass is 10.1. The second-order valence-corrected chi connectivity index (χ2v) is 8.87. The summed E-state index contributed by atoms with van der Waals surface area (Å²) in [6, 6.07) is 7.15. The van der Waals surface area contributed by atoms with Gasteiger partial charge < -0.3 is 20.6 Å². The van der Waals surface area contributed by atoms with E-state index in [0.29, 0.717) is 13.0 Å². The van der Waals surface area contributed by atoms with Crippen LogP contribution in [0.3, 0.4) is 0 Å². The number of aliphatic hydroxyl groups excluding tert-OH is 1. The molecule has 0 aliphatic carbocycles. The van der Waals surface area contributed by atoms with E-state index in [1.165, 1.54) is 4.90 Å². The number of thiazole rings is 1. The predicted molar refractivity (Wildman–Crippen MR) is 123 cm³/mol. The molecule has 3 rings (SSSR count). The number of nitrogens with one attached hydrogen (secondary N) is 2. The molecule has 1 aromatic carbocycles. The number of likely N-dealkylation sites (tertiary alicyclic amines) is 1. The highest BCUT2D eigenvalue weighted by molar-refractivity contribution is 7.13. The van der Waals surface area contributed by atoms with Gasteiger partial charge in [0.25, 0.3) is 0 Å². The van der Waals surface area contributed by atoms with Gasteiger partial charge in [-0.1, -0.05) is 37.6 Å². The van der Waals surface area contributed by atoms with Crippen molar-refractivity contribution in [1.29, 1.82) is 0 Å². The number of rotatable bonds is 9. The highest BCUT2D eigenvalue weighted by atomic mass is 32.1. The number of aryl methyl sites for hydroxylation is 1. The molecular weight excluding hydrogens is 428 g/mol. The van der Waals surface area contributed by atoms with Crippen molar-refractivity contribution in [2.75, 3.05) is 13.1 Å². The Bertz CT molecular complexity index is 944. The van der Waals surface area contributed by atoms with Gasteiger partial charge in [-0.15, -0.1) is 11.3 Å². The number of carbonyl (C=O) groups excluding carboxylic acids is 3. The van der Waals surface area contributed by atoms with Gasteiger partial charge in [-0.2, -0.15) is 0 Å². The Kier molecular flexibility index (Phi) is 8.35. The Morgan fingerprint density at radius 3 is 2.62 bits per heavy atom. The second-order valence-electron chi connectivity index (χ2n) is 8.01. The van der Waals surface area contributed by atoms with Crippen molar-refractivity contribution in [2.45, 2.75) is 58.2 Å². The summed E-state index contributed by atoms with van der Waals surface area (Å²) in [7, 11) is 0. The van der Waals surface area contributed by atoms with Gasteiger partial charge >= 0.3 is 0 Å². The summed E-state index contributed by atoms with van der Waals surface area (Å²) in [5.41, 5.74) is 4.82. The lowest BCUT2D eigenvalue weighted by Crippen LogP contribution is -2.48. The zero-order chi connectivity index (χ0) is 23.1. The van der Waals surface area contributed by atoms with Crippen LogP contribution in [0, 0.1) is 6.92 Å². The van der Waals surface area contributed by atoms with Crippen LogP contribution in [-0.2, 0) is 20.9 Å². The standard InChI is InChI=1S/C23H30N4O4S/c1-3-4-5-20(29)24-12-21(30)27-13-18(28)10-19(27)23(31)25-11-16-6-8-17(9-7-16)22-15(2)26-14-32-22/h6-9,14,18-19,28H,3-5,10-13H2,1-2H3,(H,24,29)(H,25,31). The van der Waals surface area contributed by atoms with E-state index in [1.807, 2.05) is 43.6 Å². The number of nitrogens with zero attached hydrogens (tertiary/aromatic N) is 2. The molecule has 2 heterocycles. The lowest BCUT2D eigenvalue weighted by Gasteiger charge is -2.24. The molecule has 1 fully saturated rings. The van der Waals surface area contributed by atoms with Crippen LogP contribution >= 0.6 is 11.3 Å². The van der Waals surface area contributed by atoms with Crippen molar-refractivity contribution >= 4 is 29.1 Å². The van der Waals surface area contributed by atoms with Crippen molar-refractivity contribution in [1.82, 2.24) is 20.5 Å². The second kappa shape index (κ2) is 11.2. The highest BCUT2D eigenvalue weighted by Crippen LogP contribution is 2.27. The maximum absolute atomic E-state index is 12.7. The van der Waals surface area contributed by atoms with E-state index < -0.39 is 12.1 Å². The lowest BCUT2D eigenvalue weighted by molar-refractivity contribution is -0.138. The summed E-state index contributed by atoms with van der Waals surface area (Å²) < 4.78 is 0. The molecule has 1 aliphatic heterocycles. The fraction of sp³-hybridized carbons (Fsp3) is 0.478. The van der Waals surface area contributed by atoms with Crippen LogP contribution in [0.25, 0.3) is 10.4 Å². The number of unbranched alkanes of at least 4 members (excludes halogenated alkanes) is 1. The molecule has 1 aromatic heterocycles. The molecule has 0 radical (unpaired) electrons. The van der Waals surface area contributed by atoms with Crippen molar-refractivity contribution in [3.63, 3.8) is 0 Å². The summed E-state index contributed by atoms with van der Waals surface area (Å²) in [6.07, 6.45) is 1.46. The normalized spacial score (nSPS) is 17.9. The van der Waals surface area contributed by atoms with Crippen molar-refractivity contribution in [2.24, 2.45) is 0 Å². The van der Waals surface area contributed by atoms with Gasteiger partial charge in [0.2, 0.25) is 17.7 Å². The first kappa shape index (κ1) is 23.9. The number of carbonyl (C=O) groups is 3. The summed E-state index contributed by atoms with van der Waals surface area (Å²) in [5.74, 6) is -0.858. The van der Waals surface area contributed by atoms with E-state index in [4.69, 9.17) is 0 Å². The van der Waals surface area contributed by atoms with Gasteiger partial charge in [0.1, 0.15) is 6.04 Å². The number of amides is 3. The highest BCUT2D eigenvalue weighted by Gasteiger charge is 2.38. The van der Waals surface area contributed by atoms with E-state index in [2.05, 4.69) is 15.6 Å². The summed E-state index contributed by atoms with van der Waals surface area (Å²) in [5, 5.41) is 15.5. The Labute approximate surface area is 192 Å². The van der Waals surface area contributed by atoms with Crippen LogP contribution in [0.2, 0.25) is 0 Å². The third-order valence-electron chi connectivity index (χ3n) is 5.52. The van der Waals surface area contributed by atoms with Gasteiger partial charge in [0.05, 0.1) is 28.7 Å². The number of aliphatic hydroxyl groups is 1. The van der Waals surface area contributed by atoms with Crippen LogP contribution in [0.1, 0.15) is 43.9 Å². The molecule has 3 amide bonds. The molecule has 1 aliphatic rings. The molecule has 172 valence electrons. The Hall–Kier alpha value is -2.78. The minimum absolute atomic E-state index is 0.0879. The van der Waals surface area contributed by atoms with E-state index in [9.17, 15) is 19.5 Å². The molecule has 8 nitrogen and oxygen atoms in total. The Morgan fingerprint density at radius 1 is 1.22 bits per heavy atom. The van der Waals surface area contributed by atoms with Gasteiger partial charge in [0.15, 0.2) is 0 Å². The SMILES string of the molecule is CCCCC(=O)NCC(=O)N1CC(O)CC1C(=O)NCc1ccc(-c2scnc2C)cc1. The largest absolute Gasteiger partial charge is 0.391 e. The van der Waals surface area contributed by atoms with Crippen molar-refractivity contribution < 1.29 is 19.5 Å². The maximum atomic E-state index is 12.7. The molecule has 2 unspecified atom stereocenters. The van der Waals surface area contributed by atoms with E-state index in [-0.39, 0.29) is 37.2 Å². The Morgan fingerprint density at radius 2 is 1.97 bits per heavy atom. The number of aromatic nitrogens is 1. The number of hydrogen-bond donors (Lipinski definition) is 3. The molecule has 2 aromatic rings. The summed E-state index contributed by atoms with van der Waals surface area (Å²) >= 11 is 1.59. The zero-order valence-electron chi connectivity index (χ0n) is 18.5. The number of β-amino-alcohol motifs (C(OH)–C–C–N with tert-alkyl or cyclic N) is 1. The number of benzene rings is 1. The molecule has 0 spiro atoms. The molecule has 0 saturated carbocycles. The van der Waals surface area contributed by atoms with Gasteiger partial charge in [-0.25, -0.2) is 4.98 Å². The van der Waals surface area contributed by atoms with E-state index in [1.54, 1.807) is 11.3 Å². The first-order chi connectivity index (χ1) is 15.4. The average molecular weight is 459 g/mol. The monoisotopic (exact) mass is 458 g/mol. The van der Waals surface area contributed by atoms with Crippen molar-refractivity contribution in [3.05, 3.63) is 41.0 Å². The Balaban J connectivity index is 1.53. The van der Waals surface area contributed by atoms with Crippen LogP contribution < -0.4 is 10.6 Å². The molecule has 9 heteroatoms. The first-order valence-corrected chi connectivity index (χ1v) is 11.8.